The minimum absolute atomic E-state index is 0.0942. The number of ketones is 1. The Balaban J connectivity index is 2.00. The molecule has 1 N–H and O–H groups in total. The van der Waals surface area contributed by atoms with Crippen molar-refractivity contribution < 1.29 is 14.4 Å². The van der Waals surface area contributed by atoms with Crippen LogP contribution >= 0.6 is 0 Å². The highest BCUT2D eigenvalue weighted by Crippen LogP contribution is 2.41. The second-order valence-electron chi connectivity index (χ2n) is 6.84. The molecule has 136 valence electrons. The third-order valence-corrected chi connectivity index (χ3v) is 5.05. The second kappa shape index (κ2) is 6.46. The van der Waals surface area contributed by atoms with Gasteiger partial charge in [-0.1, -0.05) is 42.5 Å². The van der Waals surface area contributed by atoms with Crippen molar-refractivity contribution in [2.45, 2.75) is 31.7 Å². The van der Waals surface area contributed by atoms with E-state index in [0.717, 1.165) is 5.56 Å². The molecule has 0 radical (unpaired) electrons. The number of hydrogen-bond donors (Lipinski definition) is 1. The van der Waals surface area contributed by atoms with Crippen LogP contribution in [0.1, 0.15) is 41.9 Å². The quantitative estimate of drug-likeness (QED) is 0.778. The van der Waals surface area contributed by atoms with Crippen LogP contribution in [0.5, 0.6) is 0 Å². The molecule has 0 saturated heterocycles. The lowest BCUT2D eigenvalue weighted by Crippen LogP contribution is -2.52. The molecule has 0 aliphatic carbocycles. The monoisotopic (exact) mass is 361 g/mol. The van der Waals surface area contributed by atoms with Gasteiger partial charge in [-0.05, 0) is 24.6 Å². The number of rotatable bonds is 3. The fourth-order valence-corrected chi connectivity index (χ4v) is 4.00. The summed E-state index contributed by atoms with van der Waals surface area (Å²) in [5, 5.41) is 2.77. The molecular formula is C21H19N3O3. The zero-order valence-electron chi connectivity index (χ0n) is 15.0. The topological polar surface area (TPSA) is 81.1 Å². The lowest BCUT2D eigenvalue weighted by Gasteiger charge is -2.36. The number of carbonyl (C=O) groups is 3. The maximum absolute atomic E-state index is 13.4. The van der Waals surface area contributed by atoms with E-state index in [1.165, 1.54) is 18.4 Å². The van der Waals surface area contributed by atoms with E-state index in [1.807, 2.05) is 48.5 Å². The Labute approximate surface area is 156 Å². The number of benzene rings is 2. The summed E-state index contributed by atoms with van der Waals surface area (Å²) in [6.07, 6.45) is 0. The predicted octanol–water partition coefficient (Wildman–Crippen LogP) is 2.65. The summed E-state index contributed by atoms with van der Waals surface area (Å²) in [6.45, 7) is 2.88. The third kappa shape index (κ3) is 2.73. The molecule has 1 amide bonds. The summed E-state index contributed by atoms with van der Waals surface area (Å²) in [5.74, 6) is -1.39. The summed E-state index contributed by atoms with van der Waals surface area (Å²) >= 11 is 0. The Bertz CT molecular complexity index is 1050. The van der Waals surface area contributed by atoms with Crippen LogP contribution in [0.2, 0.25) is 0 Å². The fourth-order valence-electron chi connectivity index (χ4n) is 4.00. The molecule has 2 aromatic carbocycles. The Morgan fingerprint density at radius 1 is 1.00 bits per heavy atom. The van der Waals surface area contributed by atoms with Gasteiger partial charge in [0.15, 0.2) is 0 Å². The lowest BCUT2D eigenvalue weighted by molar-refractivity contribution is -0.122. The van der Waals surface area contributed by atoms with Gasteiger partial charge in [-0.2, -0.15) is 0 Å². The Kier molecular flexibility index (Phi) is 4.11. The number of para-hydroxylation sites is 2. The smallest absolute Gasteiger partial charge is 0.255 e. The molecule has 0 fully saturated rings. The molecule has 1 aromatic heterocycles. The predicted molar refractivity (Wildman–Crippen MR) is 101 cm³/mol. The zero-order valence-corrected chi connectivity index (χ0v) is 15.0. The van der Waals surface area contributed by atoms with Gasteiger partial charge in [0.05, 0.1) is 17.0 Å². The fraction of sp³-hybridized carbons (Fsp3) is 0.238. The van der Waals surface area contributed by atoms with E-state index < -0.39 is 17.9 Å². The number of hydrogen-bond acceptors (Lipinski definition) is 4. The van der Waals surface area contributed by atoms with Gasteiger partial charge in [-0.3, -0.25) is 19.0 Å². The van der Waals surface area contributed by atoms with Crippen LogP contribution in [0, 0.1) is 0 Å². The van der Waals surface area contributed by atoms with Crippen molar-refractivity contribution in [3.63, 3.8) is 0 Å². The first kappa shape index (κ1) is 17.1. The van der Waals surface area contributed by atoms with Crippen LogP contribution in [0.25, 0.3) is 11.0 Å². The molecule has 1 aliphatic heterocycles. The van der Waals surface area contributed by atoms with Gasteiger partial charge >= 0.3 is 0 Å². The van der Waals surface area contributed by atoms with Crippen LogP contribution in [0.3, 0.4) is 0 Å². The Morgan fingerprint density at radius 2 is 1.67 bits per heavy atom. The lowest BCUT2D eigenvalue weighted by atomic mass is 9.75. The van der Waals surface area contributed by atoms with Crippen LogP contribution in [-0.4, -0.2) is 33.2 Å². The molecule has 0 bridgehead atoms. The van der Waals surface area contributed by atoms with E-state index in [0.29, 0.717) is 16.9 Å². The summed E-state index contributed by atoms with van der Waals surface area (Å²) in [5.41, 5.74) is 2.12. The van der Waals surface area contributed by atoms with Gasteiger partial charge in [0, 0.05) is 12.8 Å². The number of imidazole rings is 1. The van der Waals surface area contributed by atoms with Crippen molar-refractivity contribution in [3.05, 3.63) is 66.0 Å². The summed E-state index contributed by atoms with van der Waals surface area (Å²) < 4.78 is 1.49. The molecule has 3 aromatic rings. The number of nitrogens with one attached hydrogen (secondary N) is 1. The molecule has 6 nitrogen and oxygen atoms in total. The maximum Gasteiger partial charge on any atom is 0.255 e. The summed E-state index contributed by atoms with van der Waals surface area (Å²) in [4.78, 5) is 42.5. The first-order valence-corrected chi connectivity index (χ1v) is 8.83. The zero-order chi connectivity index (χ0) is 19.1. The Hall–Kier alpha value is -3.28. The largest absolute Gasteiger partial charge is 0.344 e. The number of carbonyl (C=O) groups excluding carboxylic acids is 3. The van der Waals surface area contributed by atoms with E-state index >= 15 is 0 Å². The van der Waals surface area contributed by atoms with Gasteiger partial charge in [0.1, 0.15) is 17.6 Å². The molecular weight excluding hydrogens is 342 g/mol. The van der Waals surface area contributed by atoms with Crippen molar-refractivity contribution in [3.8, 4) is 0 Å². The molecule has 3 unspecified atom stereocenters. The molecule has 27 heavy (non-hydrogen) atoms. The van der Waals surface area contributed by atoms with E-state index in [2.05, 4.69) is 10.3 Å². The first-order valence-electron chi connectivity index (χ1n) is 8.83. The first-order chi connectivity index (χ1) is 13.0. The van der Waals surface area contributed by atoms with E-state index in [-0.39, 0.29) is 17.6 Å². The van der Waals surface area contributed by atoms with Crippen molar-refractivity contribution >= 4 is 28.6 Å². The molecule has 6 heteroatoms. The highest BCUT2D eigenvalue weighted by molar-refractivity contribution is 6.01. The van der Waals surface area contributed by atoms with Crippen LogP contribution in [-0.2, 0) is 9.59 Å². The second-order valence-corrected chi connectivity index (χ2v) is 6.84. The number of Topliss-reactive ketones (excluding diaryl/α,β-unsaturated/α-hetero) is 1. The molecule has 2 heterocycles. The average molecular weight is 361 g/mol. The van der Waals surface area contributed by atoms with Gasteiger partial charge in [-0.25, -0.2) is 4.98 Å². The SMILES string of the molecule is CC(=O)NC1C(=O)n2c(nc3ccccc32)C(C(C)=O)C1c1ccccc1. The highest BCUT2D eigenvalue weighted by Gasteiger charge is 2.47. The van der Waals surface area contributed by atoms with Gasteiger partial charge in [-0.15, -0.1) is 0 Å². The van der Waals surface area contributed by atoms with Crippen LogP contribution in [0.4, 0.5) is 0 Å². The van der Waals surface area contributed by atoms with Gasteiger partial charge in [0.25, 0.3) is 5.91 Å². The molecule has 1 aliphatic rings. The Morgan fingerprint density at radius 3 is 2.33 bits per heavy atom. The van der Waals surface area contributed by atoms with E-state index in [4.69, 9.17) is 0 Å². The molecule has 3 atom stereocenters. The van der Waals surface area contributed by atoms with Crippen molar-refractivity contribution in [1.82, 2.24) is 14.9 Å². The van der Waals surface area contributed by atoms with E-state index in [9.17, 15) is 14.4 Å². The molecule has 4 rings (SSSR count). The third-order valence-electron chi connectivity index (χ3n) is 5.05. The standard InChI is InChI=1S/C21H19N3O3/c1-12(25)17-18(14-8-4-3-5-9-14)19(22-13(2)26)21(27)24-16-11-7-6-10-15(16)23-20(17)24/h3-11,17-19H,1-2H3,(H,22,26). The molecule has 0 spiro atoms. The average Bonchev–Trinajstić information content (AvgIpc) is 3.03. The minimum Gasteiger partial charge on any atom is -0.344 e. The number of nitrogens with zero attached hydrogens (tertiary/aromatic N) is 2. The number of fused-ring (bicyclic) bond motifs is 3. The maximum atomic E-state index is 13.4. The van der Waals surface area contributed by atoms with E-state index in [1.54, 1.807) is 6.07 Å². The minimum atomic E-state index is -0.844. The van der Waals surface area contributed by atoms with Gasteiger partial charge in [0.2, 0.25) is 5.91 Å². The summed E-state index contributed by atoms with van der Waals surface area (Å²) in [6, 6.07) is 15.8. The van der Waals surface area contributed by atoms with Crippen LogP contribution in [0.15, 0.2) is 54.6 Å². The molecule has 0 saturated carbocycles. The van der Waals surface area contributed by atoms with Crippen LogP contribution < -0.4 is 5.32 Å². The summed E-state index contributed by atoms with van der Waals surface area (Å²) in [7, 11) is 0. The number of aromatic nitrogens is 2. The normalized spacial score (nSPS) is 21.7. The van der Waals surface area contributed by atoms with Crippen molar-refractivity contribution in [2.75, 3.05) is 0 Å². The van der Waals surface area contributed by atoms with Crippen molar-refractivity contribution in [1.29, 1.82) is 0 Å². The number of amides is 1. The highest BCUT2D eigenvalue weighted by atomic mass is 16.2. The van der Waals surface area contributed by atoms with Crippen molar-refractivity contribution in [2.24, 2.45) is 0 Å². The van der Waals surface area contributed by atoms with Gasteiger partial charge < -0.3 is 5.32 Å².